The number of fused-ring (bicyclic) bond motifs is 3. The first kappa shape index (κ1) is 41.0. The monoisotopic (exact) mass is 773 g/mol. The fourth-order valence-electron chi connectivity index (χ4n) is 13.0. The number of hydrogen-bond donors (Lipinski definition) is 3. The highest BCUT2D eigenvalue weighted by atomic mass is 16.5. The summed E-state index contributed by atoms with van der Waals surface area (Å²) in [5, 5.41) is 18.9. The number of carbonyl (C=O) groups is 2. The summed E-state index contributed by atoms with van der Waals surface area (Å²) in [4.78, 5) is 34.2. The maximum atomic E-state index is 13.7. The number of carboxylic acid groups (broad SMARTS) is 1. The van der Waals surface area contributed by atoms with E-state index < -0.39 is 28.3 Å². The second kappa shape index (κ2) is 13.7. The first-order valence-electron chi connectivity index (χ1n) is 21.1. The number of nitrogens with two attached hydrogens (primary N) is 1. The second-order valence-electron chi connectivity index (χ2n) is 21.3. The number of aromatic nitrogens is 4. The fourth-order valence-corrected chi connectivity index (χ4v) is 13.0. The summed E-state index contributed by atoms with van der Waals surface area (Å²) in [6, 6.07) is 3.52. The van der Waals surface area contributed by atoms with E-state index in [4.69, 9.17) is 25.3 Å². The molecule has 56 heavy (non-hydrogen) atoms. The first-order chi connectivity index (χ1) is 26.1. The standard InChI is InChI=1S/C45H68N6O5/c1-27(2)28(3)41(8)17-18-42(9)30-12-13-33-40(7)21-32(51-37(48-25-50-51)29-15-19-47-34(20-29)49-26-52)36(56-23-44(11,46)39(4,5)6)45(33,24-55-22-40)31(30)14-16-43(42,10)35(41)38(53)54/h14-15,19-20,25-28,30,32-33,35-36H,12-13,16-18,21-24,46H2,1-11H3,(H,53,54)(H,47,49,52)/t28-,30+,32-,33-,35-,36+,40-,41-,42-,43+,44+,45+/m1/s1. The van der Waals surface area contributed by atoms with Gasteiger partial charge in [0.25, 0.3) is 0 Å². The van der Waals surface area contributed by atoms with Gasteiger partial charge in [-0.1, -0.05) is 80.9 Å². The zero-order valence-corrected chi connectivity index (χ0v) is 35.8. The van der Waals surface area contributed by atoms with Crippen molar-refractivity contribution < 1.29 is 24.2 Å². The molecule has 7 rings (SSSR count). The lowest BCUT2D eigenvalue weighted by Crippen LogP contribution is -2.70. The highest BCUT2D eigenvalue weighted by molar-refractivity contribution is 5.73. The topological polar surface area (TPSA) is 154 Å². The summed E-state index contributed by atoms with van der Waals surface area (Å²) in [5.74, 6) is 1.11. The van der Waals surface area contributed by atoms with Gasteiger partial charge in [-0.2, -0.15) is 5.10 Å². The van der Waals surface area contributed by atoms with Gasteiger partial charge in [-0.15, -0.1) is 0 Å². The number of nitrogens with zero attached hydrogens (tertiary/aromatic N) is 4. The number of carbonyl (C=O) groups excluding carboxylic acids is 1. The largest absolute Gasteiger partial charge is 0.481 e. The number of allylic oxidation sites excluding steroid dienone is 1. The molecule has 2 bridgehead atoms. The Morgan fingerprint density at radius 3 is 2.50 bits per heavy atom. The molecule has 3 heterocycles. The average molecular weight is 773 g/mol. The van der Waals surface area contributed by atoms with E-state index in [2.05, 4.69) is 97.2 Å². The molecule has 11 heteroatoms. The summed E-state index contributed by atoms with van der Waals surface area (Å²) >= 11 is 0. The third kappa shape index (κ3) is 5.86. The van der Waals surface area contributed by atoms with Crippen molar-refractivity contribution in [2.75, 3.05) is 25.1 Å². The van der Waals surface area contributed by atoms with Crippen LogP contribution in [0.4, 0.5) is 5.82 Å². The molecular weight excluding hydrogens is 705 g/mol. The Bertz CT molecular complexity index is 1870. The maximum absolute atomic E-state index is 13.7. The highest BCUT2D eigenvalue weighted by Gasteiger charge is 2.73. The zero-order valence-electron chi connectivity index (χ0n) is 35.8. The molecule has 3 saturated carbocycles. The van der Waals surface area contributed by atoms with E-state index in [0.29, 0.717) is 56.1 Å². The molecule has 11 nitrogen and oxygen atoms in total. The summed E-state index contributed by atoms with van der Waals surface area (Å²) in [7, 11) is 0. The molecule has 12 atom stereocenters. The van der Waals surface area contributed by atoms with Crippen LogP contribution in [0, 0.1) is 62.1 Å². The van der Waals surface area contributed by atoms with Crippen molar-refractivity contribution in [3.63, 3.8) is 0 Å². The van der Waals surface area contributed by atoms with Crippen molar-refractivity contribution in [3.05, 3.63) is 36.3 Å². The van der Waals surface area contributed by atoms with Crippen LogP contribution in [0.15, 0.2) is 36.3 Å². The lowest BCUT2D eigenvalue weighted by atomic mass is 9.34. The van der Waals surface area contributed by atoms with Crippen LogP contribution in [0.3, 0.4) is 0 Å². The number of amides is 1. The number of hydrogen-bond acceptors (Lipinski definition) is 8. The number of carboxylic acids is 1. The Hall–Kier alpha value is -3.15. The molecule has 0 unspecified atom stereocenters. The maximum Gasteiger partial charge on any atom is 0.307 e. The number of ether oxygens (including phenoxy) is 2. The van der Waals surface area contributed by atoms with Crippen LogP contribution in [-0.4, -0.2) is 68.7 Å². The van der Waals surface area contributed by atoms with Gasteiger partial charge in [0.2, 0.25) is 6.41 Å². The van der Waals surface area contributed by atoms with E-state index in [1.807, 2.05) is 12.1 Å². The van der Waals surface area contributed by atoms with Gasteiger partial charge >= 0.3 is 5.97 Å². The number of nitrogens with one attached hydrogen (secondary N) is 1. The van der Waals surface area contributed by atoms with Gasteiger partial charge < -0.3 is 25.6 Å². The lowest BCUT2D eigenvalue weighted by Gasteiger charge is -2.71. The number of rotatable bonds is 10. The molecule has 4 aliphatic carbocycles. The second-order valence-corrected chi connectivity index (χ2v) is 21.3. The van der Waals surface area contributed by atoms with E-state index in [9.17, 15) is 14.7 Å². The van der Waals surface area contributed by atoms with Gasteiger partial charge in [0.15, 0.2) is 5.82 Å². The molecule has 5 aliphatic rings. The van der Waals surface area contributed by atoms with Crippen LogP contribution >= 0.6 is 0 Å². The predicted molar refractivity (Wildman–Crippen MR) is 217 cm³/mol. The van der Waals surface area contributed by atoms with Crippen molar-refractivity contribution in [1.82, 2.24) is 19.7 Å². The van der Waals surface area contributed by atoms with Crippen LogP contribution in [0.2, 0.25) is 0 Å². The Balaban J connectivity index is 1.40. The number of pyridine rings is 1. The van der Waals surface area contributed by atoms with E-state index in [-0.39, 0.29) is 45.6 Å². The minimum Gasteiger partial charge on any atom is -0.481 e. The SMILES string of the molecule is CC(C)[C@@H](C)[C@@]1(C)CC[C@]2(C)[C@H]3CC[C@@H]4[C@@]5(C)COC[C@@]4(C3=CC[C@@]2(C)[C@@H]1C(=O)O)[C@@H](OC[C@](C)(N)C(C)(C)C)[C@H](n1ncnc1-c1ccnc(NC=O)c1)C5. The van der Waals surface area contributed by atoms with E-state index in [1.54, 1.807) is 12.5 Å². The Kier molecular flexibility index (Phi) is 10.1. The van der Waals surface area contributed by atoms with Crippen LogP contribution in [0.5, 0.6) is 0 Å². The van der Waals surface area contributed by atoms with Gasteiger partial charge in [0, 0.05) is 22.7 Å². The lowest BCUT2D eigenvalue weighted by molar-refractivity contribution is -0.255. The number of aliphatic carboxylic acids is 1. The Morgan fingerprint density at radius 1 is 1.11 bits per heavy atom. The highest BCUT2D eigenvalue weighted by Crippen LogP contribution is 2.75. The smallest absolute Gasteiger partial charge is 0.307 e. The van der Waals surface area contributed by atoms with E-state index >= 15 is 0 Å². The predicted octanol–water partition coefficient (Wildman–Crippen LogP) is 8.19. The fraction of sp³-hybridized carbons (Fsp3) is 0.756. The van der Waals surface area contributed by atoms with Gasteiger partial charge in [-0.05, 0) is 108 Å². The van der Waals surface area contributed by atoms with Crippen molar-refractivity contribution in [2.24, 2.45) is 67.8 Å². The summed E-state index contributed by atoms with van der Waals surface area (Å²) in [6.07, 6.45) is 11.4. The van der Waals surface area contributed by atoms with Gasteiger partial charge in [0.1, 0.15) is 12.1 Å². The third-order valence-electron chi connectivity index (χ3n) is 17.4. The molecule has 1 amide bonds. The quantitative estimate of drug-likeness (QED) is 0.160. The molecule has 0 spiro atoms. The molecule has 0 aromatic carbocycles. The number of anilines is 1. The van der Waals surface area contributed by atoms with Crippen molar-refractivity contribution >= 4 is 18.2 Å². The summed E-state index contributed by atoms with van der Waals surface area (Å²) in [5.41, 5.74) is 6.78. The molecule has 4 fully saturated rings. The molecular formula is C45H68N6O5. The van der Waals surface area contributed by atoms with E-state index in [1.165, 1.54) is 5.57 Å². The molecule has 308 valence electrons. The van der Waals surface area contributed by atoms with Crippen LogP contribution in [-0.2, 0) is 19.1 Å². The van der Waals surface area contributed by atoms with Crippen molar-refractivity contribution in [3.8, 4) is 11.4 Å². The average Bonchev–Trinajstić information content (AvgIpc) is 3.61. The van der Waals surface area contributed by atoms with Gasteiger partial charge in [0.05, 0.1) is 37.9 Å². The normalized spacial score (nSPS) is 39.7. The molecule has 2 aromatic rings. The molecule has 4 N–H and O–H groups in total. The van der Waals surface area contributed by atoms with Crippen molar-refractivity contribution in [1.29, 1.82) is 0 Å². The van der Waals surface area contributed by atoms with Gasteiger partial charge in [-0.25, -0.2) is 14.6 Å². The Morgan fingerprint density at radius 2 is 1.84 bits per heavy atom. The third-order valence-corrected chi connectivity index (χ3v) is 17.4. The molecule has 1 saturated heterocycles. The minimum absolute atomic E-state index is 0.174. The van der Waals surface area contributed by atoms with Crippen LogP contribution in [0.25, 0.3) is 11.4 Å². The minimum atomic E-state index is -0.657. The van der Waals surface area contributed by atoms with Crippen molar-refractivity contribution in [2.45, 2.75) is 132 Å². The zero-order chi connectivity index (χ0) is 40.9. The molecule has 0 radical (unpaired) electrons. The Labute approximate surface area is 334 Å². The van der Waals surface area contributed by atoms with E-state index in [0.717, 1.165) is 37.7 Å². The molecule has 2 aromatic heterocycles. The van der Waals surface area contributed by atoms with Crippen LogP contribution in [0.1, 0.15) is 121 Å². The van der Waals surface area contributed by atoms with Gasteiger partial charge in [-0.3, -0.25) is 9.59 Å². The first-order valence-corrected chi connectivity index (χ1v) is 21.1. The molecule has 1 aliphatic heterocycles. The summed E-state index contributed by atoms with van der Waals surface area (Å²) in [6.45, 7) is 26.2. The summed E-state index contributed by atoms with van der Waals surface area (Å²) < 4.78 is 16.3. The van der Waals surface area contributed by atoms with Crippen LogP contribution < -0.4 is 11.1 Å².